The Hall–Kier alpha value is -3.63. The van der Waals surface area contributed by atoms with Crippen LogP contribution in [0.3, 0.4) is 0 Å². The molecule has 8 nitrogen and oxygen atoms in total. The number of benzene rings is 2. The van der Waals surface area contributed by atoms with Crippen LogP contribution in [0, 0.1) is 6.92 Å². The van der Waals surface area contributed by atoms with E-state index < -0.39 is 16.7 Å². The third-order valence-corrected chi connectivity index (χ3v) is 7.70. The summed E-state index contributed by atoms with van der Waals surface area (Å²) in [5.74, 6) is -0.145. The lowest BCUT2D eigenvalue weighted by atomic mass is 10.1. The molecule has 4 aromatic rings. The Balaban J connectivity index is 1.59. The second-order valence-electron chi connectivity index (χ2n) is 8.06. The van der Waals surface area contributed by atoms with E-state index in [4.69, 9.17) is 4.74 Å². The number of hydrogen-bond donors (Lipinski definition) is 2. The van der Waals surface area contributed by atoms with E-state index in [-0.39, 0.29) is 11.1 Å². The number of methoxy groups -OCH3 is 1. The molecule has 1 atom stereocenters. The van der Waals surface area contributed by atoms with Gasteiger partial charge in [0.1, 0.15) is 10.4 Å². The van der Waals surface area contributed by atoms with Crippen molar-refractivity contribution in [3.05, 3.63) is 87.0 Å². The van der Waals surface area contributed by atoms with Crippen molar-refractivity contribution in [2.45, 2.75) is 37.2 Å². The Morgan fingerprint density at radius 2 is 1.94 bits per heavy atom. The van der Waals surface area contributed by atoms with Crippen LogP contribution in [0.15, 0.2) is 69.9 Å². The molecule has 0 radical (unpaired) electrons. The van der Waals surface area contributed by atoms with E-state index in [1.54, 1.807) is 35.7 Å². The first kappa shape index (κ1) is 25.5. The third kappa shape index (κ3) is 5.77. The highest BCUT2D eigenvalue weighted by Gasteiger charge is 2.23. The van der Waals surface area contributed by atoms with E-state index in [1.165, 1.54) is 18.4 Å². The van der Waals surface area contributed by atoms with Crippen molar-refractivity contribution in [2.75, 3.05) is 12.5 Å². The van der Waals surface area contributed by atoms with E-state index in [0.29, 0.717) is 34.5 Å². The highest BCUT2D eigenvalue weighted by atomic mass is 32.2. The average Bonchev–Trinajstić information content (AvgIpc) is 3.37. The molecule has 0 aliphatic heterocycles. The number of aryl methyl sites for hydroxylation is 1. The minimum Gasteiger partial charge on any atom is -0.497 e. The van der Waals surface area contributed by atoms with Gasteiger partial charge in [-0.25, -0.2) is 4.98 Å². The number of amides is 2. The van der Waals surface area contributed by atoms with Crippen LogP contribution < -0.4 is 21.0 Å². The number of fused-ring (bicyclic) bond motifs is 1. The minimum atomic E-state index is -0.515. The normalized spacial score (nSPS) is 11.8. The van der Waals surface area contributed by atoms with Gasteiger partial charge in [0.25, 0.3) is 11.5 Å². The predicted octanol–water partition coefficient (Wildman–Crippen LogP) is 4.35. The quantitative estimate of drug-likeness (QED) is 0.250. The molecule has 2 amide bonds. The number of rotatable bonds is 9. The first-order chi connectivity index (χ1) is 17.4. The standard InChI is InChI=1S/C26H26N4O4S2/c1-4-21(24(32)27-15-17-10-8-16(2)9-11-17)36-26-28-20-12-13-35-22(20)25(33)30(26)29-23(31)18-6-5-7-19(14-18)34-3/h5-14,21H,4,15H2,1-3H3,(H,27,32)(H,29,31)/t21-/m0/s1. The summed E-state index contributed by atoms with van der Waals surface area (Å²) in [4.78, 5) is 43.8. The second-order valence-corrected chi connectivity index (χ2v) is 10.1. The molecule has 0 saturated heterocycles. The van der Waals surface area contributed by atoms with Gasteiger partial charge in [-0.3, -0.25) is 19.8 Å². The summed E-state index contributed by atoms with van der Waals surface area (Å²) < 4.78 is 6.74. The molecule has 2 heterocycles. The number of aromatic nitrogens is 2. The molecule has 186 valence electrons. The zero-order chi connectivity index (χ0) is 25.7. The van der Waals surface area contributed by atoms with Crippen molar-refractivity contribution < 1.29 is 14.3 Å². The Labute approximate surface area is 216 Å². The molecule has 0 fully saturated rings. The summed E-state index contributed by atoms with van der Waals surface area (Å²) >= 11 is 2.39. The van der Waals surface area contributed by atoms with E-state index in [0.717, 1.165) is 27.6 Å². The Kier molecular flexibility index (Phi) is 8.07. The number of thiophene rings is 1. The molecular weight excluding hydrogens is 496 g/mol. The molecule has 4 rings (SSSR count). The van der Waals surface area contributed by atoms with Gasteiger partial charge in [-0.2, -0.15) is 4.68 Å². The molecule has 2 aromatic heterocycles. The van der Waals surface area contributed by atoms with Crippen molar-refractivity contribution >= 4 is 45.1 Å². The second kappa shape index (κ2) is 11.4. The van der Waals surface area contributed by atoms with E-state index in [2.05, 4.69) is 15.7 Å². The van der Waals surface area contributed by atoms with Gasteiger partial charge in [0.2, 0.25) is 5.91 Å². The molecule has 0 bridgehead atoms. The van der Waals surface area contributed by atoms with Gasteiger partial charge in [-0.1, -0.05) is 54.6 Å². The van der Waals surface area contributed by atoms with Crippen LogP contribution >= 0.6 is 23.1 Å². The number of thioether (sulfide) groups is 1. The van der Waals surface area contributed by atoms with Crippen LogP contribution in [-0.2, 0) is 11.3 Å². The number of nitrogens with zero attached hydrogens (tertiary/aromatic N) is 2. The summed E-state index contributed by atoms with van der Waals surface area (Å²) in [7, 11) is 1.51. The molecule has 2 aromatic carbocycles. The fraction of sp³-hybridized carbons (Fsp3) is 0.231. The van der Waals surface area contributed by atoms with Crippen molar-refractivity contribution in [1.29, 1.82) is 0 Å². The summed E-state index contributed by atoms with van der Waals surface area (Å²) in [5, 5.41) is 4.45. The van der Waals surface area contributed by atoms with Gasteiger partial charge < -0.3 is 10.1 Å². The maximum Gasteiger partial charge on any atom is 0.291 e. The fourth-order valence-corrected chi connectivity index (χ4v) is 5.21. The van der Waals surface area contributed by atoms with Gasteiger partial charge >= 0.3 is 0 Å². The van der Waals surface area contributed by atoms with E-state index >= 15 is 0 Å². The number of hydrogen-bond acceptors (Lipinski definition) is 7. The highest BCUT2D eigenvalue weighted by molar-refractivity contribution is 8.00. The van der Waals surface area contributed by atoms with Crippen molar-refractivity contribution in [2.24, 2.45) is 0 Å². The molecular formula is C26H26N4O4S2. The largest absolute Gasteiger partial charge is 0.497 e. The molecule has 10 heteroatoms. The van der Waals surface area contributed by atoms with Crippen LogP contribution in [0.25, 0.3) is 10.2 Å². The molecule has 0 unspecified atom stereocenters. The predicted molar refractivity (Wildman–Crippen MR) is 144 cm³/mol. The summed E-state index contributed by atoms with van der Waals surface area (Å²) in [6, 6.07) is 16.3. The third-order valence-electron chi connectivity index (χ3n) is 5.49. The zero-order valence-corrected chi connectivity index (χ0v) is 21.7. The maximum absolute atomic E-state index is 13.3. The first-order valence-electron chi connectivity index (χ1n) is 11.3. The topological polar surface area (TPSA) is 102 Å². The number of nitrogens with one attached hydrogen (secondary N) is 2. The number of ether oxygens (including phenoxy) is 1. The lowest BCUT2D eigenvalue weighted by Crippen LogP contribution is -2.36. The van der Waals surface area contributed by atoms with Gasteiger partial charge in [0, 0.05) is 12.1 Å². The van der Waals surface area contributed by atoms with Crippen LogP contribution in [0.5, 0.6) is 5.75 Å². The van der Waals surface area contributed by atoms with E-state index in [9.17, 15) is 14.4 Å². The summed E-state index contributed by atoms with van der Waals surface area (Å²) in [5.41, 5.74) is 5.25. The van der Waals surface area contributed by atoms with Gasteiger partial charge in [-0.05, 0) is 48.6 Å². The Bertz CT molecular complexity index is 1450. The SMILES string of the molecule is CC[C@H](Sc1nc2ccsc2c(=O)n1NC(=O)c1cccc(OC)c1)C(=O)NCc1ccc(C)cc1. The van der Waals surface area contributed by atoms with Crippen LogP contribution in [0.2, 0.25) is 0 Å². The first-order valence-corrected chi connectivity index (χ1v) is 13.1. The van der Waals surface area contributed by atoms with Gasteiger partial charge in [0.15, 0.2) is 5.16 Å². The fourth-order valence-electron chi connectivity index (χ4n) is 3.46. The highest BCUT2D eigenvalue weighted by Crippen LogP contribution is 2.26. The lowest BCUT2D eigenvalue weighted by molar-refractivity contribution is -0.120. The molecule has 36 heavy (non-hydrogen) atoms. The maximum atomic E-state index is 13.3. The zero-order valence-electron chi connectivity index (χ0n) is 20.1. The minimum absolute atomic E-state index is 0.173. The van der Waals surface area contributed by atoms with Crippen LogP contribution in [0.4, 0.5) is 0 Å². The molecule has 0 spiro atoms. The number of carbonyl (C=O) groups excluding carboxylic acids is 2. The van der Waals surface area contributed by atoms with Crippen molar-refractivity contribution in [3.8, 4) is 5.75 Å². The smallest absolute Gasteiger partial charge is 0.291 e. The lowest BCUT2D eigenvalue weighted by Gasteiger charge is -2.18. The molecule has 0 aliphatic carbocycles. The van der Waals surface area contributed by atoms with Crippen molar-refractivity contribution in [3.63, 3.8) is 0 Å². The summed E-state index contributed by atoms with van der Waals surface area (Å²) in [6.45, 7) is 4.30. The monoisotopic (exact) mass is 522 g/mol. The van der Waals surface area contributed by atoms with Gasteiger partial charge in [0.05, 0.1) is 17.9 Å². The van der Waals surface area contributed by atoms with Crippen LogP contribution in [0.1, 0.15) is 34.8 Å². The molecule has 2 N–H and O–H groups in total. The number of carbonyl (C=O) groups is 2. The van der Waals surface area contributed by atoms with Gasteiger partial charge in [-0.15, -0.1) is 11.3 Å². The molecule has 0 saturated carbocycles. The Morgan fingerprint density at radius 3 is 2.67 bits per heavy atom. The van der Waals surface area contributed by atoms with Crippen LogP contribution in [-0.4, -0.2) is 33.8 Å². The molecule has 0 aliphatic rings. The Morgan fingerprint density at radius 1 is 1.17 bits per heavy atom. The van der Waals surface area contributed by atoms with E-state index in [1.807, 2.05) is 38.1 Å². The summed E-state index contributed by atoms with van der Waals surface area (Å²) in [6.07, 6.45) is 0.506. The van der Waals surface area contributed by atoms with Crippen molar-refractivity contribution in [1.82, 2.24) is 15.0 Å². The average molecular weight is 523 g/mol.